The number of hydrogen-bond acceptors (Lipinski definition) is 5. The smallest absolute Gasteiger partial charge is 0.261 e. The summed E-state index contributed by atoms with van der Waals surface area (Å²) in [6.07, 6.45) is 0. The van der Waals surface area contributed by atoms with E-state index in [4.69, 9.17) is 11.6 Å². The first-order valence-corrected chi connectivity index (χ1v) is 10.1. The topological polar surface area (TPSA) is 101 Å². The lowest BCUT2D eigenvalue weighted by molar-refractivity contribution is 0.601. The van der Waals surface area contributed by atoms with E-state index < -0.39 is 10.0 Å². The van der Waals surface area contributed by atoms with Crippen LogP contribution in [0.1, 0.15) is 0 Å². The number of H-pyrrole nitrogens is 1. The Morgan fingerprint density at radius 2 is 1.61 bits per heavy atom. The summed E-state index contributed by atoms with van der Waals surface area (Å²) in [5.41, 5.74) is 2.70. The first-order valence-electron chi connectivity index (χ1n) is 8.24. The number of sulfonamides is 1. The maximum absolute atomic E-state index is 12.9. The first kappa shape index (κ1) is 18.1. The van der Waals surface area contributed by atoms with Crippen molar-refractivity contribution < 1.29 is 8.42 Å². The number of hydrogen-bond donors (Lipinski definition) is 2. The van der Waals surface area contributed by atoms with Crippen molar-refractivity contribution in [3.8, 4) is 22.5 Å². The van der Waals surface area contributed by atoms with Crippen molar-refractivity contribution in [3.05, 3.63) is 77.8 Å². The molecule has 0 amide bonds. The molecule has 4 rings (SSSR count). The highest BCUT2D eigenvalue weighted by Crippen LogP contribution is 2.26. The maximum Gasteiger partial charge on any atom is 0.261 e. The molecule has 0 unspecified atom stereocenters. The second-order valence-electron chi connectivity index (χ2n) is 5.96. The molecular formula is C19H14ClN5O2S. The zero-order valence-electron chi connectivity index (χ0n) is 14.4. The van der Waals surface area contributed by atoms with Gasteiger partial charge in [-0.25, -0.2) is 8.42 Å². The fourth-order valence-electron chi connectivity index (χ4n) is 2.71. The van der Waals surface area contributed by atoms with Gasteiger partial charge in [0.1, 0.15) is 0 Å². The lowest BCUT2D eigenvalue weighted by Gasteiger charge is -2.10. The second kappa shape index (κ2) is 7.41. The molecular weight excluding hydrogens is 398 g/mol. The Morgan fingerprint density at radius 1 is 0.857 bits per heavy atom. The molecule has 0 aliphatic carbocycles. The van der Waals surface area contributed by atoms with Gasteiger partial charge in [0.2, 0.25) is 5.82 Å². The van der Waals surface area contributed by atoms with Crippen molar-refractivity contribution in [2.45, 2.75) is 4.90 Å². The summed E-state index contributed by atoms with van der Waals surface area (Å²) in [4.78, 5) is 0.157. The Balaban J connectivity index is 1.63. The Bertz CT molecular complexity index is 1210. The minimum Gasteiger partial charge on any atom is -0.280 e. The quantitative estimate of drug-likeness (QED) is 0.517. The molecule has 0 radical (unpaired) electrons. The second-order valence-corrected chi connectivity index (χ2v) is 8.08. The van der Waals surface area contributed by atoms with E-state index in [-0.39, 0.29) is 4.90 Å². The van der Waals surface area contributed by atoms with E-state index in [1.165, 1.54) is 0 Å². The van der Waals surface area contributed by atoms with E-state index in [0.29, 0.717) is 22.1 Å². The zero-order chi connectivity index (χ0) is 19.6. The lowest BCUT2D eigenvalue weighted by atomic mass is 10.1. The molecule has 9 heteroatoms. The van der Waals surface area contributed by atoms with Crippen LogP contribution in [0.4, 0.5) is 5.69 Å². The Hall–Kier alpha value is -3.23. The monoisotopic (exact) mass is 411 g/mol. The highest BCUT2D eigenvalue weighted by molar-refractivity contribution is 7.92. The third-order valence-corrected chi connectivity index (χ3v) is 5.67. The van der Waals surface area contributed by atoms with Gasteiger partial charge in [-0.2, -0.15) is 5.21 Å². The van der Waals surface area contributed by atoms with Gasteiger partial charge in [-0.15, -0.1) is 10.2 Å². The van der Waals surface area contributed by atoms with Gasteiger partial charge < -0.3 is 0 Å². The number of anilines is 1. The molecule has 0 aliphatic rings. The Kier molecular flexibility index (Phi) is 4.81. The highest BCUT2D eigenvalue weighted by atomic mass is 35.5. The molecule has 4 aromatic rings. The van der Waals surface area contributed by atoms with Crippen molar-refractivity contribution in [1.29, 1.82) is 0 Å². The zero-order valence-corrected chi connectivity index (χ0v) is 15.9. The highest BCUT2D eigenvalue weighted by Gasteiger charge is 2.16. The Labute approximate surface area is 166 Å². The fourth-order valence-corrected chi connectivity index (χ4v) is 3.93. The molecule has 1 aromatic heterocycles. The fraction of sp³-hybridized carbons (Fsp3) is 0. The molecule has 140 valence electrons. The molecule has 0 spiro atoms. The summed E-state index contributed by atoms with van der Waals surface area (Å²) in [6, 6.07) is 20.7. The van der Waals surface area contributed by atoms with Gasteiger partial charge in [0, 0.05) is 16.3 Å². The largest absolute Gasteiger partial charge is 0.280 e. The van der Waals surface area contributed by atoms with Crippen molar-refractivity contribution in [1.82, 2.24) is 20.6 Å². The standard InChI is InChI=1S/C19H14ClN5O2S/c20-16-9-7-13(8-10-16)14-3-2-6-18(12-14)28(26,27)23-17-5-1-4-15(11-17)19-21-24-25-22-19/h1-12,23H,(H,21,22,24,25). The molecule has 0 bridgehead atoms. The minimum atomic E-state index is -3.78. The number of tetrazole rings is 1. The van der Waals surface area contributed by atoms with Crippen LogP contribution >= 0.6 is 11.6 Å². The van der Waals surface area contributed by atoms with Crippen LogP contribution in [0.15, 0.2) is 77.7 Å². The number of benzene rings is 3. The molecule has 0 fully saturated rings. The number of aromatic nitrogens is 4. The molecule has 0 saturated carbocycles. The third kappa shape index (κ3) is 3.88. The van der Waals surface area contributed by atoms with Crippen LogP contribution in [-0.2, 0) is 10.0 Å². The van der Waals surface area contributed by atoms with Gasteiger partial charge in [-0.05, 0) is 52.7 Å². The number of aromatic amines is 1. The van der Waals surface area contributed by atoms with Crippen LogP contribution in [0.25, 0.3) is 22.5 Å². The summed E-state index contributed by atoms with van der Waals surface area (Å²) in [5.74, 6) is 0.380. The number of rotatable bonds is 5. The average Bonchev–Trinajstić information content (AvgIpc) is 3.23. The van der Waals surface area contributed by atoms with E-state index in [0.717, 1.165) is 11.1 Å². The number of nitrogens with one attached hydrogen (secondary N) is 2. The van der Waals surface area contributed by atoms with E-state index in [2.05, 4.69) is 25.3 Å². The first-order chi connectivity index (χ1) is 13.5. The van der Waals surface area contributed by atoms with Gasteiger partial charge in [-0.1, -0.05) is 48.0 Å². The van der Waals surface area contributed by atoms with Gasteiger partial charge in [0.15, 0.2) is 0 Å². The van der Waals surface area contributed by atoms with E-state index >= 15 is 0 Å². The van der Waals surface area contributed by atoms with Gasteiger partial charge in [-0.3, -0.25) is 4.72 Å². The van der Waals surface area contributed by atoms with Crippen LogP contribution in [0, 0.1) is 0 Å². The van der Waals surface area contributed by atoms with Crippen LogP contribution < -0.4 is 4.72 Å². The molecule has 7 nitrogen and oxygen atoms in total. The maximum atomic E-state index is 12.9. The molecule has 0 saturated heterocycles. The Morgan fingerprint density at radius 3 is 2.36 bits per heavy atom. The van der Waals surface area contributed by atoms with E-state index in [9.17, 15) is 8.42 Å². The van der Waals surface area contributed by atoms with Crippen LogP contribution in [0.5, 0.6) is 0 Å². The van der Waals surface area contributed by atoms with Gasteiger partial charge in [0.05, 0.1) is 4.90 Å². The summed E-state index contributed by atoms with van der Waals surface area (Å²) in [7, 11) is -3.78. The van der Waals surface area contributed by atoms with E-state index in [1.54, 1.807) is 54.6 Å². The average molecular weight is 412 g/mol. The summed E-state index contributed by atoms with van der Waals surface area (Å²) in [5, 5.41) is 14.3. The van der Waals surface area contributed by atoms with Crippen LogP contribution in [0.3, 0.4) is 0 Å². The lowest BCUT2D eigenvalue weighted by Crippen LogP contribution is -2.13. The van der Waals surface area contributed by atoms with E-state index in [1.807, 2.05) is 18.2 Å². The molecule has 1 heterocycles. The summed E-state index contributed by atoms with van der Waals surface area (Å²) >= 11 is 5.92. The van der Waals surface area contributed by atoms with Crippen molar-refractivity contribution in [3.63, 3.8) is 0 Å². The molecule has 3 aromatic carbocycles. The summed E-state index contributed by atoms with van der Waals surface area (Å²) in [6.45, 7) is 0. The molecule has 0 aliphatic heterocycles. The van der Waals surface area contributed by atoms with Gasteiger partial charge >= 0.3 is 0 Å². The predicted octanol–water partition coefficient (Wildman–Crippen LogP) is 3.99. The molecule has 2 N–H and O–H groups in total. The van der Waals surface area contributed by atoms with Crippen molar-refractivity contribution >= 4 is 27.3 Å². The predicted molar refractivity (Wildman–Crippen MR) is 107 cm³/mol. The van der Waals surface area contributed by atoms with Crippen molar-refractivity contribution in [2.24, 2.45) is 0 Å². The SMILES string of the molecule is O=S(=O)(Nc1cccc(-c2nn[nH]n2)c1)c1cccc(-c2ccc(Cl)cc2)c1. The third-order valence-electron chi connectivity index (χ3n) is 4.04. The minimum absolute atomic E-state index is 0.157. The number of nitrogens with zero attached hydrogens (tertiary/aromatic N) is 3. The van der Waals surface area contributed by atoms with Gasteiger partial charge in [0.25, 0.3) is 10.0 Å². The van der Waals surface area contributed by atoms with Crippen LogP contribution in [0.2, 0.25) is 5.02 Å². The molecule has 0 atom stereocenters. The van der Waals surface area contributed by atoms with Crippen molar-refractivity contribution in [2.75, 3.05) is 4.72 Å². The summed E-state index contributed by atoms with van der Waals surface area (Å²) < 4.78 is 28.3. The normalized spacial score (nSPS) is 11.3. The number of halogens is 1. The molecule has 28 heavy (non-hydrogen) atoms. The van der Waals surface area contributed by atoms with Crippen LogP contribution in [-0.4, -0.2) is 29.0 Å².